The first kappa shape index (κ1) is 13.5. The van der Waals surface area contributed by atoms with Gasteiger partial charge in [-0.05, 0) is 35.9 Å². The lowest BCUT2D eigenvalue weighted by molar-refractivity contribution is 0.0696. The highest BCUT2D eigenvalue weighted by Gasteiger charge is 2.35. The summed E-state index contributed by atoms with van der Waals surface area (Å²) in [6, 6.07) is 11.2. The molecule has 0 aromatic heterocycles. The van der Waals surface area contributed by atoms with Gasteiger partial charge in [0.25, 0.3) is 0 Å². The number of rotatable bonds is 3. The van der Waals surface area contributed by atoms with Gasteiger partial charge in [0.1, 0.15) is 17.6 Å². The van der Waals surface area contributed by atoms with Crippen LogP contribution in [0.5, 0.6) is 11.5 Å². The number of aliphatic hydroxyl groups excluding tert-OH is 1. The van der Waals surface area contributed by atoms with Crippen LogP contribution in [0, 0.1) is 0 Å². The minimum absolute atomic E-state index is 0.151. The summed E-state index contributed by atoms with van der Waals surface area (Å²) in [5.74, 6) is -0.605. The maximum Gasteiger partial charge on any atom is 0.335 e. The molecule has 0 saturated carbocycles. The topological polar surface area (TPSA) is 87.0 Å². The lowest BCUT2D eigenvalue weighted by Gasteiger charge is -2.17. The third-order valence-electron chi connectivity index (χ3n) is 3.69. The maximum absolute atomic E-state index is 11.1. The van der Waals surface area contributed by atoms with E-state index in [0.717, 1.165) is 5.56 Å². The molecule has 3 rings (SSSR count). The lowest BCUT2D eigenvalue weighted by atomic mass is 9.91. The summed E-state index contributed by atoms with van der Waals surface area (Å²) >= 11 is 0. The van der Waals surface area contributed by atoms with Crippen molar-refractivity contribution in [3.63, 3.8) is 0 Å². The fourth-order valence-corrected chi connectivity index (χ4v) is 2.62. The number of phenols is 1. The van der Waals surface area contributed by atoms with Gasteiger partial charge < -0.3 is 20.1 Å². The van der Waals surface area contributed by atoms with Crippen molar-refractivity contribution >= 4 is 5.97 Å². The van der Waals surface area contributed by atoms with Crippen LogP contribution < -0.4 is 4.74 Å². The van der Waals surface area contributed by atoms with Gasteiger partial charge >= 0.3 is 5.97 Å². The third kappa shape index (κ3) is 2.32. The summed E-state index contributed by atoms with van der Waals surface area (Å²) in [6.45, 7) is -0.151. The van der Waals surface area contributed by atoms with E-state index in [0.29, 0.717) is 11.3 Å². The lowest BCUT2D eigenvalue weighted by Crippen LogP contribution is -2.13. The zero-order valence-corrected chi connectivity index (χ0v) is 11.1. The molecule has 0 amide bonds. The molecule has 0 fully saturated rings. The summed E-state index contributed by atoms with van der Waals surface area (Å²) in [5, 5.41) is 28.0. The Morgan fingerprint density at radius 3 is 2.48 bits per heavy atom. The van der Waals surface area contributed by atoms with Gasteiger partial charge in [-0.25, -0.2) is 4.79 Å². The molecule has 0 radical (unpaired) electrons. The minimum Gasteiger partial charge on any atom is -0.508 e. The van der Waals surface area contributed by atoms with Gasteiger partial charge in [0.05, 0.1) is 18.1 Å². The van der Waals surface area contributed by atoms with Crippen molar-refractivity contribution in [2.24, 2.45) is 0 Å². The van der Waals surface area contributed by atoms with Gasteiger partial charge in [0.15, 0.2) is 0 Å². The highest BCUT2D eigenvalue weighted by Crippen LogP contribution is 2.46. The van der Waals surface area contributed by atoms with Gasteiger partial charge in [-0.15, -0.1) is 0 Å². The summed E-state index contributed by atoms with van der Waals surface area (Å²) in [6.07, 6.45) is -0.394. The number of ether oxygens (including phenoxy) is 1. The fraction of sp³-hybridized carbons (Fsp3) is 0.188. The van der Waals surface area contributed by atoms with E-state index in [-0.39, 0.29) is 23.8 Å². The molecule has 0 aliphatic carbocycles. The predicted molar refractivity (Wildman–Crippen MR) is 74.7 cm³/mol. The number of hydrogen-bond donors (Lipinski definition) is 3. The number of hydrogen-bond acceptors (Lipinski definition) is 4. The maximum atomic E-state index is 11.1. The van der Waals surface area contributed by atoms with E-state index in [1.165, 1.54) is 6.07 Å². The van der Waals surface area contributed by atoms with Gasteiger partial charge in [-0.3, -0.25) is 0 Å². The molecule has 0 bridgehead atoms. The molecule has 5 heteroatoms. The summed E-state index contributed by atoms with van der Waals surface area (Å²) in [4.78, 5) is 11.1. The van der Waals surface area contributed by atoms with Crippen molar-refractivity contribution in [3.8, 4) is 11.5 Å². The van der Waals surface area contributed by atoms with Crippen LogP contribution >= 0.6 is 0 Å². The second kappa shape index (κ2) is 5.10. The summed E-state index contributed by atoms with van der Waals surface area (Å²) in [7, 11) is 0. The SMILES string of the molecule is O=C(O)c1ccc2c(c1)C(CO)C(c1ccc(O)cc1)O2. The van der Waals surface area contributed by atoms with Crippen LogP contribution in [0.4, 0.5) is 0 Å². The van der Waals surface area contributed by atoms with Crippen LogP contribution in [0.2, 0.25) is 0 Å². The van der Waals surface area contributed by atoms with E-state index >= 15 is 0 Å². The number of benzene rings is 2. The Morgan fingerprint density at radius 1 is 1.14 bits per heavy atom. The molecular weight excluding hydrogens is 272 g/mol. The highest BCUT2D eigenvalue weighted by molar-refractivity contribution is 5.88. The number of aromatic hydroxyl groups is 1. The number of carbonyl (C=O) groups is 1. The molecule has 2 aromatic rings. The Labute approximate surface area is 121 Å². The molecule has 0 spiro atoms. The van der Waals surface area contributed by atoms with Crippen LogP contribution in [0.1, 0.15) is 33.5 Å². The van der Waals surface area contributed by atoms with Gasteiger partial charge in [0, 0.05) is 5.56 Å². The number of aromatic carboxylic acids is 1. The number of aliphatic hydroxyl groups is 1. The normalized spacial score (nSPS) is 19.9. The van der Waals surface area contributed by atoms with Crippen LogP contribution in [-0.4, -0.2) is 27.9 Å². The zero-order chi connectivity index (χ0) is 15.0. The second-order valence-electron chi connectivity index (χ2n) is 4.98. The monoisotopic (exact) mass is 286 g/mol. The standard InChI is InChI=1S/C16H14O5/c17-8-13-12-7-10(16(19)20)3-6-14(12)21-15(13)9-1-4-11(18)5-2-9/h1-7,13,15,17-18H,8H2,(H,19,20). The Balaban J connectivity index is 1.99. The molecular formula is C16H14O5. The summed E-state index contributed by atoms with van der Waals surface area (Å²) < 4.78 is 5.84. The Morgan fingerprint density at radius 2 is 1.86 bits per heavy atom. The van der Waals surface area contributed by atoms with Crippen molar-refractivity contribution < 1.29 is 24.9 Å². The van der Waals surface area contributed by atoms with Crippen LogP contribution in [0.3, 0.4) is 0 Å². The molecule has 108 valence electrons. The number of carboxylic acid groups (broad SMARTS) is 1. The van der Waals surface area contributed by atoms with Crippen molar-refractivity contribution in [2.45, 2.75) is 12.0 Å². The van der Waals surface area contributed by atoms with Gasteiger partial charge in [0.2, 0.25) is 0 Å². The van der Waals surface area contributed by atoms with Crippen molar-refractivity contribution in [1.82, 2.24) is 0 Å². The average Bonchev–Trinajstić information content (AvgIpc) is 2.85. The van der Waals surface area contributed by atoms with E-state index in [1.807, 2.05) is 0 Å². The number of phenolic OH excluding ortho intramolecular Hbond substituents is 1. The molecule has 2 aromatic carbocycles. The second-order valence-corrected chi connectivity index (χ2v) is 4.98. The average molecular weight is 286 g/mol. The Kier molecular flexibility index (Phi) is 3.27. The first-order chi connectivity index (χ1) is 10.1. The molecule has 1 heterocycles. The third-order valence-corrected chi connectivity index (χ3v) is 3.69. The first-order valence-electron chi connectivity index (χ1n) is 6.54. The van der Waals surface area contributed by atoms with E-state index < -0.39 is 12.1 Å². The van der Waals surface area contributed by atoms with Crippen molar-refractivity contribution in [3.05, 3.63) is 59.2 Å². The molecule has 1 aliphatic rings. The van der Waals surface area contributed by atoms with Crippen LogP contribution in [0.25, 0.3) is 0 Å². The quantitative estimate of drug-likeness (QED) is 0.806. The fourth-order valence-electron chi connectivity index (χ4n) is 2.62. The van der Waals surface area contributed by atoms with E-state index in [9.17, 15) is 15.0 Å². The number of carboxylic acids is 1. The van der Waals surface area contributed by atoms with Crippen LogP contribution in [0.15, 0.2) is 42.5 Å². The molecule has 1 aliphatic heterocycles. The predicted octanol–water partition coefficient (Wildman–Crippen LogP) is 2.30. The van der Waals surface area contributed by atoms with Crippen molar-refractivity contribution in [2.75, 3.05) is 6.61 Å². The molecule has 2 unspecified atom stereocenters. The Hall–Kier alpha value is -2.53. The first-order valence-corrected chi connectivity index (χ1v) is 6.54. The summed E-state index contributed by atoms with van der Waals surface area (Å²) in [5.41, 5.74) is 1.68. The van der Waals surface area contributed by atoms with Gasteiger partial charge in [-0.1, -0.05) is 12.1 Å². The zero-order valence-electron chi connectivity index (χ0n) is 11.1. The molecule has 3 N–H and O–H groups in total. The van der Waals surface area contributed by atoms with Gasteiger partial charge in [-0.2, -0.15) is 0 Å². The number of fused-ring (bicyclic) bond motifs is 1. The van der Waals surface area contributed by atoms with E-state index in [1.54, 1.807) is 36.4 Å². The van der Waals surface area contributed by atoms with Crippen molar-refractivity contribution in [1.29, 1.82) is 0 Å². The van der Waals surface area contributed by atoms with E-state index in [4.69, 9.17) is 9.84 Å². The molecule has 0 saturated heterocycles. The van der Waals surface area contributed by atoms with E-state index in [2.05, 4.69) is 0 Å². The molecule has 21 heavy (non-hydrogen) atoms. The van der Waals surface area contributed by atoms with Crippen LogP contribution in [-0.2, 0) is 0 Å². The smallest absolute Gasteiger partial charge is 0.335 e. The highest BCUT2D eigenvalue weighted by atomic mass is 16.5. The largest absolute Gasteiger partial charge is 0.508 e. The molecule has 2 atom stereocenters. The Bertz CT molecular complexity index is 678. The minimum atomic E-state index is -1.01. The molecule has 5 nitrogen and oxygen atoms in total.